The molecule has 1 rings (SSSR count). The average Bonchev–Trinajstić information content (AvgIpc) is 2.31. The zero-order valence-electron chi connectivity index (χ0n) is 9.91. The standard InChI is InChI=1S/C13H14N4/c1-8-4-5-9(2)12(6-8)17-13(16)10(3)11(15)7-14/h4-6,15H,3H2,1-2H3,(H2,16,17). The number of amidine groups is 1. The van der Waals surface area contributed by atoms with E-state index in [9.17, 15) is 0 Å². The number of hydrogen-bond acceptors (Lipinski definition) is 3. The monoisotopic (exact) mass is 226 g/mol. The number of rotatable bonds is 3. The molecular formula is C13H14N4. The number of hydrogen-bond donors (Lipinski definition) is 2. The van der Waals surface area contributed by atoms with E-state index in [-0.39, 0.29) is 17.1 Å². The first kappa shape index (κ1) is 12.7. The number of benzene rings is 1. The number of nitrogens with one attached hydrogen (secondary N) is 1. The van der Waals surface area contributed by atoms with Gasteiger partial charge in [-0.2, -0.15) is 5.26 Å². The lowest BCUT2D eigenvalue weighted by Gasteiger charge is -2.05. The molecule has 1 aromatic rings. The van der Waals surface area contributed by atoms with Crippen LogP contribution in [0, 0.1) is 30.6 Å². The van der Waals surface area contributed by atoms with Gasteiger partial charge in [0.05, 0.1) is 5.69 Å². The largest absolute Gasteiger partial charge is 0.383 e. The lowest BCUT2D eigenvalue weighted by Crippen LogP contribution is -2.18. The van der Waals surface area contributed by atoms with Crippen LogP contribution in [-0.4, -0.2) is 11.5 Å². The Morgan fingerprint density at radius 2 is 2.12 bits per heavy atom. The van der Waals surface area contributed by atoms with Crippen molar-refractivity contribution in [1.82, 2.24) is 0 Å². The van der Waals surface area contributed by atoms with Crippen LogP contribution in [0.25, 0.3) is 0 Å². The Morgan fingerprint density at radius 3 is 2.71 bits per heavy atom. The molecule has 0 radical (unpaired) electrons. The fourth-order valence-electron chi connectivity index (χ4n) is 1.23. The Bertz CT molecular complexity index is 547. The topological polar surface area (TPSA) is 86.0 Å². The fourth-order valence-corrected chi connectivity index (χ4v) is 1.23. The van der Waals surface area contributed by atoms with Crippen molar-refractivity contribution in [3.05, 3.63) is 41.5 Å². The van der Waals surface area contributed by atoms with Crippen LogP contribution in [0.5, 0.6) is 0 Å². The molecule has 0 spiro atoms. The van der Waals surface area contributed by atoms with E-state index in [4.69, 9.17) is 16.4 Å². The Kier molecular flexibility index (Phi) is 3.78. The summed E-state index contributed by atoms with van der Waals surface area (Å²) in [5, 5.41) is 15.9. The van der Waals surface area contributed by atoms with Crippen molar-refractivity contribution in [3.8, 4) is 6.07 Å². The van der Waals surface area contributed by atoms with Crippen molar-refractivity contribution < 1.29 is 0 Å². The average molecular weight is 226 g/mol. The van der Waals surface area contributed by atoms with E-state index in [1.807, 2.05) is 32.0 Å². The van der Waals surface area contributed by atoms with Crippen LogP contribution in [0.15, 0.2) is 35.3 Å². The molecule has 3 N–H and O–H groups in total. The smallest absolute Gasteiger partial charge is 0.142 e. The van der Waals surface area contributed by atoms with Gasteiger partial charge in [0.25, 0.3) is 0 Å². The van der Waals surface area contributed by atoms with Gasteiger partial charge < -0.3 is 5.73 Å². The molecule has 0 aliphatic heterocycles. The molecule has 0 saturated carbocycles. The van der Waals surface area contributed by atoms with E-state index in [0.717, 1.165) is 16.8 Å². The Morgan fingerprint density at radius 1 is 1.47 bits per heavy atom. The molecule has 17 heavy (non-hydrogen) atoms. The fraction of sp³-hybridized carbons (Fsp3) is 0.154. The van der Waals surface area contributed by atoms with E-state index < -0.39 is 0 Å². The summed E-state index contributed by atoms with van der Waals surface area (Å²) in [7, 11) is 0. The highest BCUT2D eigenvalue weighted by Crippen LogP contribution is 2.20. The first-order chi connectivity index (χ1) is 7.95. The predicted octanol–water partition coefficient (Wildman–Crippen LogP) is 2.39. The van der Waals surface area contributed by atoms with Gasteiger partial charge in [-0.05, 0) is 31.0 Å². The van der Waals surface area contributed by atoms with Gasteiger partial charge in [0.1, 0.15) is 17.6 Å². The molecule has 0 unspecified atom stereocenters. The second-order valence-electron chi connectivity index (χ2n) is 3.75. The summed E-state index contributed by atoms with van der Waals surface area (Å²) in [6.45, 7) is 7.45. The molecule has 86 valence electrons. The molecule has 0 aliphatic rings. The Hall–Kier alpha value is -2.41. The van der Waals surface area contributed by atoms with Crippen molar-refractivity contribution in [3.63, 3.8) is 0 Å². The van der Waals surface area contributed by atoms with Crippen LogP contribution in [0.4, 0.5) is 5.69 Å². The molecule has 0 amide bonds. The molecular weight excluding hydrogens is 212 g/mol. The summed E-state index contributed by atoms with van der Waals surface area (Å²) in [4.78, 5) is 4.19. The van der Waals surface area contributed by atoms with Gasteiger partial charge in [0.15, 0.2) is 0 Å². The summed E-state index contributed by atoms with van der Waals surface area (Å²) in [6.07, 6.45) is 0. The minimum Gasteiger partial charge on any atom is -0.383 e. The van der Waals surface area contributed by atoms with E-state index in [2.05, 4.69) is 11.6 Å². The van der Waals surface area contributed by atoms with Crippen LogP contribution in [0.2, 0.25) is 0 Å². The van der Waals surface area contributed by atoms with Gasteiger partial charge >= 0.3 is 0 Å². The van der Waals surface area contributed by atoms with Crippen molar-refractivity contribution >= 4 is 17.2 Å². The maximum Gasteiger partial charge on any atom is 0.142 e. The zero-order valence-corrected chi connectivity index (χ0v) is 9.91. The summed E-state index contributed by atoms with van der Waals surface area (Å²) in [5.74, 6) is 0.102. The molecule has 0 saturated heterocycles. The van der Waals surface area contributed by atoms with Gasteiger partial charge in [0, 0.05) is 5.57 Å². The molecule has 0 atom stereocenters. The number of nitrogens with two attached hydrogens (primary N) is 1. The molecule has 0 heterocycles. The lowest BCUT2D eigenvalue weighted by molar-refractivity contribution is 1.34. The van der Waals surface area contributed by atoms with Gasteiger partial charge in [-0.25, -0.2) is 4.99 Å². The summed E-state index contributed by atoms with van der Waals surface area (Å²) in [6, 6.07) is 7.50. The molecule has 4 nitrogen and oxygen atoms in total. The number of aryl methyl sites for hydroxylation is 2. The minimum atomic E-state index is -0.267. The van der Waals surface area contributed by atoms with Crippen molar-refractivity contribution in [2.24, 2.45) is 10.7 Å². The van der Waals surface area contributed by atoms with E-state index >= 15 is 0 Å². The first-order valence-corrected chi connectivity index (χ1v) is 5.05. The summed E-state index contributed by atoms with van der Waals surface area (Å²) < 4.78 is 0. The second kappa shape index (κ2) is 5.08. The van der Waals surface area contributed by atoms with Crippen LogP contribution >= 0.6 is 0 Å². The molecule has 1 aromatic carbocycles. The summed E-state index contributed by atoms with van der Waals surface area (Å²) >= 11 is 0. The highest BCUT2D eigenvalue weighted by molar-refractivity contribution is 6.27. The third kappa shape index (κ3) is 3.02. The van der Waals surface area contributed by atoms with Gasteiger partial charge in [-0.3, -0.25) is 5.41 Å². The van der Waals surface area contributed by atoms with E-state index in [1.165, 1.54) is 0 Å². The quantitative estimate of drug-likeness (QED) is 0.612. The third-order valence-electron chi connectivity index (χ3n) is 2.33. The number of nitriles is 1. The highest BCUT2D eigenvalue weighted by atomic mass is 14.9. The van der Waals surface area contributed by atoms with Crippen LogP contribution in [0.3, 0.4) is 0 Å². The van der Waals surface area contributed by atoms with Crippen LogP contribution in [0.1, 0.15) is 11.1 Å². The highest BCUT2D eigenvalue weighted by Gasteiger charge is 2.07. The lowest BCUT2D eigenvalue weighted by atomic mass is 10.1. The van der Waals surface area contributed by atoms with E-state index in [0.29, 0.717) is 0 Å². The normalized spacial score (nSPS) is 10.8. The maximum atomic E-state index is 8.57. The van der Waals surface area contributed by atoms with Crippen LogP contribution < -0.4 is 5.73 Å². The van der Waals surface area contributed by atoms with Gasteiger partial charge in [0.2, 0.25) is 0 Å². The Labute approximate surface area is 101 Å². The van der Waals surface area contributed by atoms with Gasteiger partial charge in [-0.15, -0.1) is 0 Å². The predicted molar refractivity (Wildman–Crippen MR) is 69.7 cm³/mol. The maximum absolute atomic E-state index is 8.57. The van der Waals surface area contributed by atoms with Crippen molar-refractivity contribution in [1.29, 1.82) is 10.7 Å². The van der Waals surface area contributed by atoms with E-state index in [1.54, 1.807) is 6.07 Å². The van der Waals surface area contributed by atoms with Crippen molar-refractivity contribution in [2.45, 2.75) is 13.8 Å². The first-order valence-electron chi connectivity index (χ1n) is 5.05. The molecule has 0 fully saturated rings. The SMILES string of the molecule is C=C(C(=N)C#N)C(N)=Nc1cc(C)ccc1C. The Balaban J connectivity index is 3.11. The second-order valence-corrected chi connectivity index (χ2v) is 3.75. The van der Waals surface area contributed by atoms with Crippen molar-refractivity contribution in [2.75, 3.05) is 0 Å². The minimum absolute atomic E-state index is 0.102. The number of nitrogens with zero attached hydrogens (tertiary/aromatic N) is 2. The molecule has 0 aromatic heterocycles. The third-order valence-corrected chi connectivity index (χ3v) is 2.33. The van der Waals surface area contributed by atoms with Gasteiger partial charge in [-0.1, -0.05) is 18.7 Å². The molecule has 0 aliphatic carbocycles. The van der Waals surface area contributed by atoms with Crippen LogP contribution in [-0.2, 0) is 0 Å². The molecule has 0 bridgehead atoms. The number of aliphatic imine (C=N–C) groups is 1. The zero-order chi connectivity index (χ0) is 13.0. The summed E-state index contributed by atoms with van der Waals surface area (Å²) in [5.41, 5.74) is 8.37. The molecule has 4 heteroatoms.